The monoisotopic (exact) mass is 210 g/mol. The average Bonchev–Trinajstić information content (AvgIpc) is 2.14. The fraction of sp³-hybridized carbons (Fsp3) is 0.583. The molecule has 0 rings (SSSR count). The summed E-state index contributed by atoms with van der Waals surface area (Å²) in [6.07, 6.45) is 2.72. The molecule has 0 aromatic rings. The maximum atomic E-state index is 11.7. The molecule has 0 aromatic heterocycles. The van der Waals surface area contributed by atoms with Crippen molar-refractivity contribution in [1.29, 1.82) is 0 Å². The van der Waals surface area contributed by atoms with Crippen LogP contribution in [0.5, 0.6) is 0 Å². The summed E-state index contributed by atoms with van der Waals surface area (Å²) in [7, 11) is 4.05. The lowest BCUT2D eigenvalue weighted by Crippen LogP contribution is -2.33. The first-order valence-corrected chi connectivity index (χ1v) is 5.19. The maximum Gasteiger partial charge on any atom is 0.249 e. The molecule has 0 aromatic carbocycles. The normalized spacial score (nSPS) is 10.1. The van der Waals surface area contributed by atoms with E-state index in [2.05, 4.69) is 18.1 Å². The highest BCUT2D eigenvalue weighted by molar-refractivity contribution is 5.92. The third-order valence-corrected chi connectivity index (χ3v) is 2.04. The molecule has 0 bridgehead atoms. The molecular formula is C12H22N2O. The highest BCUT2D eigenvalue weighted by atomic mass is 16.2. The molecule has 0 saturated heterocycles. The summed E-state index contributed by atoms with van der Waals surface area (Å²) in [5, 5.41) is 0. The van der Waals surface area contributed by atoms with E-state index in [1.807, 2.05) is 14.1 Å². The predicted octanol–water partition coefficient (Wildman–Crippen LogP) is 1.53. The molecule has 0 radical (unpaired) electrons. The van der Waals surface area contributed by atoms with Crippen molar-refractivity contribution in [2.45, 2.75) is 13.3 Å². The van der Waals surface area contributed by atoms with Gasteiger partial charge < -0.3 is 9.80 Å². The molecule has 0 spiro atoms. The van der Waals surface area contributed by atoms with E-state index in [1.165, 1.54) is 0 Å². The molecule has 15 heavy (non-hydrogen) atoms. The van der Waals surface area contributed by atoms with E-state index in [4.69, 9.17) is 0 Å². The largest absolute Gasteiger partial charge is 0.335 e. The van der Waals surface area contributed by atoms with Gasteiger partial charge in [0.1, 0.15) is 0 Å². The molecule has 3 heteroatoms. The second-order valence-electron chi connectivity index (χ2n) is 3.98. The molecule has 0 aliphatic heterocycles. The summed E-state index contributed by atoms with van der Waals surface area (Å²) < 4.78 is 0. The maximum absolute atomic E-state index is 11.7. The Labute approximate surface area is 93.1 Å². The van der Waals surface area contributed by atoms with Crippen molar-refractivity contribution in [2.24, 2.45) is 0 Å². The van der Waals surface area contributed by atoms with Gasteiger partial charge in [0.15, 0.2) is 0 Å². The van der Waals surface area contributed by atoms with E-state index in [0.717, 1.165) is 19.5 Å². The third-order valence-electron chi connectivity index (χ3n) is 2.04. The minimum absolute atomic E-state index is 0.0219. The van der Waals surface area contributed by atoms with E-state index in [1.54, 1.807) is 17.9 Å². The van der Waals surface area contributed by atoms with Gasteiger partial charge in [-0.05, 0) is 34.0 Å². The number of hydrogen-bond donors (Lipinski definition) is 0. The van der Waals surface area contributed by atoms with Crippen molar-refractivity contribution in [1.82, 2.24) is 9.80 Å². The van der Waals surface area contributed by atoms with Gasteiger partial charge in [-0.15, -0.1) is 6.58 Å². The van der Waals surface area contributed by atoms with Crippen LogP contribution in [0.3, 0.4) is 0 Å². The van der Waals surface area contributed by atoms with Crippen LogP contribution in [-0.4, -0.2) is 49.4 Å². The van der Waals surface area contributed by atoms with Crippen molar-refractivity contribution in [2.75, 3.05) is 33.7 Å². The van der Waals surface area contributed by atoms with Gasteiger partial charge in [0.2, 0.25) is 5.91 Å². The van der Waals surface area contributed by atoms with Gasteiger partial charge in [-0.25, -0.2) is 0 Å². The first-order valence-electron chi connectivity index (χ1n) is 5.19. The van der Waals surface area contributed by atoms with E-state index in [9.17, 15) is 4.79 Å². The molecule has 86 valence electrons. The minimum Gasteiger partial charge on any atom is -0.335 e. The van der Waals surface area contributed by atoms with Crippen molar-refractivity contribution in [3.8, 4) is 0 Å². The van der Waals surface area contributed by atoms with E-state index < -0.39 is 0 Å². The molecule has 0 aliphatic rings. The highest BCUT2D eigenvalue weighted by Gasteiger charge is 2.11. The summed E-state index contributed by atoms with van der Waals surface area (Å²) in [5.74, 6) is 0.0219. The lowest BCUT2D eigenvalue weighted by Gasteiger charge is -2.22. The van der Waals surface area contributed by atoms with Crippen molar-refractivity contribution in [3.05, 3.63) is 24.8 Å². The van der Waals surface area contributed by atoms with Crippen LogP contribution < -0.4 is 0 Å². The average molecular weight is 210 g/mol. The van der Waals surface area contributed by atoms with Crippen LogP contribution in [0.4, 0.5) is 0 Å². The second-order valence-corrected chi connectivity index (χ2v) is 3.98. The number of carbonyl (C=O) groups excluding carboxylic acids is 1. The lowest BCUT2D eigenvalue weighted by atomic mass is 10.2. The van der Waals surface area contributed by atoms with Gasteiger partial charge in [-0.3, -0.25) is 4.79 Å². The summed E-state index contributed by atoms with van der Waals surface area (Å²) in [5.41, 5.74) is 0.585. The second kappa shape index (κ2) is 7.23. The van der Waals surface area contributed by atoms with Crippen molar-refractivity contribution in [3.63, 3.8) is 0 Å². The lowest BCUT2D eigenvalue weighted by molar-refractivity contribution is -0.126. The summed E-state index contributed by atoms with van der Waals surface area (Å²) in [4.78, 5) is 15.6. The third kappa shape index (κ3) is 6.07. The summed E-state index contributed by atoms with van der Waals surface area (Å²) >= 11 is 0. The Morgan fingerprint density at radius 2 is 1.93 bits per heavy atom. The van der Waals surface area contributed by atoms with Crippen LogP contribution in [0, 0.1) is 0 Å². The fourth-order valence-electron chi connectivity index (χ4n) is 1.28. The zero-order valence-corrected chi connectivity index (χ0v) is 10.1. The molecule has 0 saturated carbocycles. The first-order chi connectivity index (χ1) is 6.99. The predicted molar refractivity (Wildman–Crippen MR) is 64.8 cm³/mol. The molecule has 0 atom stereocenters. The van der Waals surface area contributed by atoms with Crippen LogP contribution >= 0.6 is 0 Å². The van der Waals surface area contributed by atoms with Gasteiger partial charge in [0.25, 0.3) is 0 Å². The first kappa shape index (κ1) is 13.9. The van der Waals surface area contributed by atoms with Crippen LogP contribution in [0.1, 0.15) is 13.3 Å². The summed E-state index contributed by atoms with van der Waals surface area (Å²) in [6.45, 7) is 11.4. The Balaban J connectivity index is 4.09. The number of nitrogens with zero attached hydrogens (tertiary/aromatic N) is 2. The molecule has 0 N–H and O–H groups in total. The Hall–Kier alpha value is -1.09. The molecule has 3 nitrogen and oxygen atoms in total. The Bertz CT molecular complexity index is 234. The van der Waals surface area contributed by atoms with Crippen LogP contribution in [0.15, 0.2) is 24.8 Å². The number of hydrogen-bond acceptors (Lipinski definition) is 2. The number of amides is 1. The minimum atomic E-state index is 0.0219. The summed E-state index contributed by atoms with van der Waals surface area (Å²) in [6, 6.07) is 0. The fourth-order valence-corrected chi connectivity index (χ4v) is 1.28. The zero-order chi connectivity index (χ0) is 11.8. The van der Waals surface area contributed by atoms with Crippen molar-refractivity contribution < 1.29 is 4.79 Å². The van der Waals surface area contributed by atoms with E-state index >= 15 is 0 Å². The zero-order valence-electron chi connectivity index (χ0n) is 10.1. The van der Waals surface area contributed by atoms with E-state index in [-0.39, 0.29) is 5.91 Å². The van der Waals surface area contributed by atoms with Gasteiger partial charge in [-0.2, -0.15) is 0 Å². The molecule has 0 unspecified atom stereocenters. The Kier molecular flexibility index (Phi) is 6.71. The number of carbonyl (C=O) groups is 1. The van der Waals surface area contributed by atoms with Gasteiger partial charge in [0, 0.05) is 18.7 Å². The standard InChI is InChI=1S/C12H22N2O/c1-6-8-14(12(15)11(2)3)10-7-9-13(4)5/h6H,1-2,7-10H2,3-5H3. The van der Waals surface area contributed by atoms with Crippen molar-refractivity contribution >= 4 is 5.91 Å². The van der Waals surface area contributed by atoms with Crippen LogP contribution in [0.2, 0.25) is 0 Å². The quantitative estimate of drug-likeness (QED) is 0.470. The van der Waals surface area contributed by atoms with Gasteiger partial charge in [-0.1, -0.05) is 12.7 Å². The van der Waals surface area contributed by atoms with Crippen LogP contribution in [0.25, 0.3) is 0 Å². The Morgan fingerprint density at radius 3 is 2.33 bits per heavy atom. The smallest absolute Gasteiger partial charge is 0.249 e. The van der Waals surface area contributed by atoms with Crippen LogP contribution in [-0.2, 0) is 4.79 Å². The van der Waals surface area contributed by atoms with Gasteiger partial charge in [0.05, 0.1) is 0 Å². The SMILES string of the molecule is C=CCN(CCCN(C)C)C(=O)C(=C)C. The topological polar surface area (TPSA) is 23.6 Å². The molecule has 0 aliphatic carbocycles. The number of rotatable bonds is 7. The Morgan fingerprint density at radius 1 is 1.33 bits per heavy atom. The molecule has 0 heterocycles. The van der Waals surface area contributed by atoms with Gasteiger partial charge >= 0.3 is 0 Å². The highest BCUT2D eigenvalue weighted by Crippen LogP contribution is 2.00. The molecular weight excluding hydrogens is 188 g/mol. The molecule has 1 amide bonds. The van der Waals surface area contributed by atoms with E-state index in [0.29, 0.717) is 12.1 Å². The molecule has 0 fully saturated rings.